The molecule has 0 atom stereocenters. The second kappa shape index (κ2) is 4.49. The first kappa shape index (κ1) is 11.3. The van der Waals surface area contributed by atoms with Gasteiger partial charge in [0.25, 0.3) is 5.91 Å². The monoisotopic (exact) mass is 256 g/mol. The number of carbonyl (C=O) groups excluding carboxylic acids is 1. The molecule has 0 aliphatic rings. The highest BCUT2D eigenvalue weighted by atomic mass is 19.1. The molecule has 0 aliphatic heterocycles. The van der Waals surface area contributed by atoms with Crippen LogP contribution in [0.25, 0.3) is 10.9 Å². The Hall–Kier alpha value is -2.76. The van der Waals surface area contributed by atoms with Crippen LogP contribution in [-0.4, -0.2) is 21.1 Å². The van der Waals surface area contributed by atoms with E-state index in [-0.39, 0.29) is 5.56 Å². The summed E-state index contributed by atoms with van der Waals surface area (Å²) in [5, 5.41) is 10.2. The zero-order valence-electron chi connectivity index (χ0n) is 9.72. The van der Waals surface area contributed by atoms with Crippen LogP contribution in [0.15, 0.2) is 42.9 Å². The van der Waals surface area contributed by atoms with Crippen molar-refractivity contribution in [3.63, 3.8) is 0 Å². The normalized spacial score (nSPS) is 10.6. The zero-order chi connectivity index (χ0) is 13.2. The van der Waals surface area contributed by atoms with Crippen molar-refractivity contribution >= 4 is 22.5 Å². The molecule has 0 spiro atoms. The molecule has 0 fully saturated rings. The minimum Gasteiger partial charge on any atom is -0.322 e. The molecule has 6 heteroatoms. The number of aromatic amines is 1. The molecule has 19 heavy (non-hydrogen) atoms. The van der Waals surface area contributed by atoms with E-state index in [2.05, 4.69) is 20.5 Å². The second-order valence-corrected chi connectivity index (χ2v) is 3.98. The van der Waals surface area contributed by atoms with Gasteiger partial charge in [-0.25, -0.2) is 4.39 Å². The third-order valence-corrected chi connectivity index (χ3v) is 2.72. The zero-order valence-corrected chi connectivity index (χ0v) is 9.72. The fourth-order valence-corrected chi connectivity index (χ4v) is 1.78. The van der Waals surface area contributed by atoms with Crippen LogP contribution in [-0.2, 0) is 0 Å². The van der Waals surface area contributed by atoms with Crippen LogP contribution < -0.4 is 5.32 Å². The highest BCUT2D eigenvalue weighted by molar-refractivity contribution is 6.05. The summed E-state index contributed by atoms with van der Waals surface area (Å²) in [6.07, 6.45) is 4.03. The van der Waals surface area contributed by atoms with Gasteiger partial charge in [0, 0.05) is 17.3 Å². The molecule has 0 bridgehead atoms. The molecule has 0 aliphatic carbocycles. The summed E-state index contributed by atoms with van der Waals surface area (Å²) in [6.45, 7) is 0. The maximum absolute atomic E-state index is 13.4. The Morgan fingerprint density at radius 2 is 2.16 bits per heavy atom. The number of nitrogens with one attached hydrogen (secondary N) is 2. The Kier molecular flexibility index (Phi) is 2.68. The molecule has 1 amide bonds. The maximum Gasteiger partial charge on any atom is 0.258 e. The van der Waals surface area contributed by atoms with Gasteiger partial charge >= 0.3 is 0 Å². The fourth-order valence-electron chi connectivity index (χ4n) is 1.78. The number of hydrogen-bond donors (Lipinski definition) is 2. The second-order valence-electron chi connectivity index (χ2n) is 3.98. The lowest BCUT2D eigenvalue weighted by atomic mass is 10.2. The van der Waals surface area contributed by atoms with Crippen LogP contribution >= 0.6 is 0 Å². The Labute approximate surface area is 107 Å². The molecular formula is C13H9FN4O. The summed E-state index contributed by atoms with van der Waals surface area (Å²) in [4.78, 5) is 15.5. The Bertz CT molecular complexity index is 753. The molecule has 0 radical (unpaired) electrons. The molecule has 2 aromatic heterocycles. The van der Waals surface area contributed by atoms with Crippen LogP contribution in [0.1, 0.15) is 10.4 Å². The first-order chi connectivity index (χ1) is 9.24. The van der Waals surface area contributed by atoms with Crippen molar-refractivity contribution in [2.45, 2.75) is 0 Å². The molecule has 3 rings (SSSR count). The van der Waals surface area contributed by atoms with Gasteiger partial charge in [-0.1, -0.05) is 0 Å². The number of benzene rings is 1. The van der Waals surface area contributed by atoms with Crippen molar-refractivity contribution in [3.8, 4) is 0 Å². The number of anilines is 1. The molecule has 0 unspecified atom stereocenters. The molecule has 2 heterocycles. The first-order valence-corrected chi connectivity index (χ1v) is 5.58. The van der Waals surface area contributed by atoms with Crippen LogP contribution in [0.2, 0.25) is 0 Å². The third-order valence-electron chi connectivity index (χ3n) is 2.72. The Morgan fingerprint density at radius 3 is 3.00 bits per heavy atom. The number of fused-ring (bicyclic) bond motifs is 1. The van der Waals surface area contributed by atoms with Crippen molar-refractivity contribution in [1.29, 1.82) is 0 Å². The van der Waals surface area contributed by atoms with E-state index in [0.29, 0.717) is 5.69 Å². The van der Waals surface area contributed by atoms with E-state index < -0.39 is 11.7 Å². The Balaban J connectivity index is 1.88. The quantitative estimate of drug-likeness (QED) is 0.739. The molecule has 3 aromatic rings. The fraction of sp³-hybridized carbons (Fsp3) is 0. The molecule has 0 saturated carbocycles. The lowest BCUT2D eigenvalue weighted by molar-refractivity contribution is 0.102. The number of amides is 1. The number of H-pyrrole nitrogens is 1. The lowest BCUT2D eigenvalue weighted by Gasteiger charge is -2.05. The minimum absolute atomic E-state index is 0.0395. The smallest absolute Gasteiger partial charge is 0.258 e. The van der Waals surface area contributed by atoms with E-state index in [1.54, 1.807) is 24.4 Å². The van der Waals surface area contributed by atoms with Gasteiger partial charge in [-0.2, -0.15) is 5.10 Å². The van der Waals surface area contributed by atoms with E-state index in [1.165, 1.54) is 12.3 Å². The van der Waals surface area contributed by atoms with E-state index in [0.717, 1.165) is 17.1 Å². The van der Waals surface area contributed by atoms with Crippen LogP contribution in [0, 0.1) is 5.82 Å². The van der Waals surface area contributed by atoms with E-state index in [9.17, 15) is 9.18 Å². The molecule has 1 aromatic carbocycles. The SMILES string of the molecule is O=C(Nc1ccc2[nH]ncc2c1)c1ccncc1F. The first-order valence-electron chi connectivity index (χ1n) is 5.58. The van der Waals surface area contributed by atoms with Gasteiger partial charge in [0.2, 0.25) is 0 Å². The standard InChI is InChI=1S/C13H9FN4O/c14-11-7-15-4-3-10(11)13(19)17-9-1-2-12-8(5-9)6-16-18-12/h1-7H,(H,16,18)(H,17,19). The topological polar surface area (TPSA) is 70.7 Å². The summed E-state index contributed by atoms with van der Waals surface area (Å²) in [5.74, 6) is -1.16. The minimum atomic E-state index is -0.649. The van der Waals surface area contributed by atoms with Crippen molar-refractivity contribution < 1.29 is 9.18 Å². The summed E-state index contributed by atoms with van der Waals surface area (Å²) in [5.41, 5.74) is 1.41. The van der Waals surface area contributed by atoms with Gasteiger partial charge in [-0.15, -0.1) is 0 Å². The number of rotatable bonds is 2. The van der Waals surface area contributed by atoms with Crippen LogP contribution in [0.3, 0.4) is 0 Å². The summed E-state index contributed by atoms with van der Waals surface area (Å²) >= 11 is 0. The van der Waals surface area contributed by atoms with Crippen molar-refractivity contribution in [2.24, 2.45) is 0 Å². The van der Waals surface area contributed by atoms with Gasteiger partial charge < -0.3 is 5.32 Å². The highest BCUT2D eigenvalue weighted by Gasteiger charge is 2.11. The Morgan fingerprint density at radius 1 is 1.26 bits per heavy atom. The van der Waals surface area contributed by atoms with Crippen molar-refractivity contribution in [1.82, 2.24) is 15.2 Å². The number of aromatic nitrogens is 3. The van der Waals surface area contributed by atoms with Gasteiger partial charge in [0.1, 0.15) is 0 Å². The molecule has 94 valence electrons. The summed E-state index contributed by atoms with van der Waals surface area (Å²) < 4.78 is 13.4. The average molecular weight is 256 g/mol. The number of pyridine rings is 1. The van der Waals surface area contributed by atoms with Crippen molar-refractivity contribution in [3.05, 3.63) is 54.2 Å². The number of halogens is 1. The van der Waals surface area contributed by atoms with Gasteiger partial charge in [-0.3, -0.25) is 14.9 Å². The predicted molar refractivity (Wildman–Crippen MR) is 68.2 cm³/mol. The molecular weight excluding hydrogens is 247 g/mol. The summed E-state index contributed by atoms with van der Waals surface area (Å²) in [7, 11) is 0. The molecule has 0 saturated heterocycles. The van der Waals surface area contributed by atoms with Gasteiger partial charge in [-0.05, 0) is 24.3 Å². The van der Waals surface area contributed by atoms with Gasteiger partial charge in [0.05, 0.1) is 23.5 Å². The number of nitrogens with zero attached hydrogens (tertiary/aromatic N) is 2. The van der Waals surface area contributed by atoms with E-state index >= 15 is 0 Å². The number of carbonyl (C=O) groups is 1. The third kappa shape index (κ3) is 2.15. The lowest BCUT2D eigenvalue weighted by Crippen LogP contribution is -2.13. The highest BCUT2D eigenvalue weighted by Crippen LogP contribution is 2.17. The average Bonchev–Trinajstić information content (AvgIpc) is 2.86. The predicted octanol–water partition coefficient (Wildman–Crippen LogP) is 2.35. The van der Waals surface area contributed by atoms with E-state index in [4.69, 9.17) is 0 Å². The number of hydrogen-bond acceptors (Lipinski definition) is 3. The summed E-state index contributed by atoms with van der Waals surface area (Å²) in [6, 6.07) is 6.61. The largest absolute Gasteiger partial charge is 0.322 e. The van der Waals surface area contributed by atoms with Crippen LogP contribution in [0.4, 0.5) is 10.1 Å². The van der Waals surface area contributed by atoms with Crippen molar-refractivity contribution in [2.75, 3.05) is 5.32 Å². The molecule has 5 nitrogen and oxygen atoms in total. The van der Waals surface area contributed by atoms with Gasteiger partial charge in [0.15, 0.2) is 5.82 Å². The maximum atomic E-state index is 13.4. The van der Waals surface area contributed by atoms with Crippen LogP contribution in [0.5, 0.6) is 0 Å². The molecule has 2 N–H and O–H groups in total. The van der Waals surface area contributed by atoms with E-state index in [1.807, 2.05) is 0 Å².